The molecule has 0 fully saturated rings. The summed E-state index contributed by atoms with van der Waals surface area (Å²) in [4.78, 5) is 0. The molecule has 2 heteroatoms. The number of hydrogen-bond donors (Lipinski definition) is 2. The third kappa shape index (κ3) is 3.02. The Labute approximate surface area is 121 Å². The average molecular weight is 271 g/mol. The predicted molar refractivity (Wildman–Crippen MR) is 86.1 cm³/mol. The van der Waals surface area contributed by atoms with Crippen LogP contribution in [-0.4, -0.2) is 24.8 Å². The number of nitrogens with one attached hydrogen (secondary N) is 1. The van der Waals surface area contributed by atoms with Gasteiger partial charge in [0.25, 0.3) is 0 Å². The first-order chi connectivity index (χ1) is 9.45. The van der Waals surface area contributed by atoms with Crippen molar-refractivity contribution in [2.75, 3.05) is 13.6 Å². The molecular weight excluding hydrogens is 246 g/mol. The Balaban J connectivity index is 2.52. The van der Waals surface area contributed by atoms with E-state index in [0.29, 0.717) is 0 Å². The zero-order chi connectivity index (χ0) is 14.8. The Bertz CT molecular complexity index is 566. The highest BCUT2D eigenvalue weighted by Crippen LogP contribution is 2.34. The van der Waals surface area contributed by atoms with Gasteiger partial charge in [0.1, 0.15) is 0 Å². The van der Waals surface area contributed by atoms with Crippen molar-refractivity contribution in [3.63, 3.8) is 0 Å². The number of hydrogen-bond acceptors (Lipinski definition) is 2. The maximum Gasteiger partial charge on any atom is 0.0669 e. The van der Waals surface area contributed by atoms with E-state index in [9.17, 15) is 5.11 Å². The fourth-order valence-electron chi connectivity index (χ4n) is 2.79. The minimum absolute atomic E-state index is 0.0890. The number of benzene rings is 2. The summed E-state index contributed by atoms with van der Waals surface area (Å²) in [5.74, 6) is 0.0890. The second-order valence-electron chi connectivity index (χ2n) is 6.54. The van der Waals surface area contributed by atoms with E-state index in [2.05, 4.69) is 68.6 Å². The van der Waals surface area contributed by atoms with Gasteiger partial charge in [-0.25, -0.2) is 0 Å². The van der Waals surface area contributed by atoms with Gasteiger partial charge in [0.15, 0.2) is 0 Å². The molecule has 0 heterocycles. The van der Waals surface area contributed by atoms with E-state index in [0.717, 1.165) is 6.54 Å². The molecule has 20 heavy (non-hydrogen) atoms. The summed E-state index contributed by atoms with van der Waals surface area (Å²) in [7, 11) is 1.94. The van der Waals surface area contributed by atoms with E-state index in [1.165, 1.54) is 16.3 Å². The van der Waals surface area contributed by atoms with Crippen molar-refractivity contribution in [3.05, 3.63) is 48.0 Å². The molecule has 0 bridgehead atoms. The van der Waals surface area contributed by atoms with E-state index in [-0.39, 0.29) is 17.4 Å². The van der Waals surface area contributed by atoms with Crippen LogP contribution in [0.1, 0.15) is 32.3 Å². The maximum atomic E-state index is 10.7. The molecule has 0 aliphatic carbocycles. The number of fused-ring (bicyclic) bond motifs is 1. The average Bonchev–Trinajstić information content (AvgIpc) is 2.42. The number of rotatable bonds is 4. The first-order valence-corrected chi connectivity index (χ1v) is 7.25. The lowest BCUT2D eigenvalue weighted by atomic mass is 9.77. The predicted octanol–water partition coefficient (Wildman–Crippen LogP) is 3.55. The molecule has 0 unspecified atom stereocenters. The second kappa shape index (κ2) is 5.94. The van der Waals surface area contributed by atoms with Crippen LogP contribution in [0, 0.1) is 5.41 Å². The molecule has 2 nitrogen and oxygen atoms in total. The fourth-order valence-corrected chi connectivity index (χ4v) is 2.79. The molecule has 2 aromatic rings. The van der Waals surface area contributed by atoms with Crippen LogP contribution in [0.25, 0.3) is 10.8 Å². The lowest BCUT2D eigenvalue weighted by Gasteiger charge is -2.34. The monoisotopic (exact) mass is 271 g/mol. The molecule has 0 amide bonds. The van der Waals surface area contributed by atoms with Gasteiger partial charge in [0.05, 0.1) is 6.10 Å². The molecule has 2 rings (SSSR count). The highest BCUT2D eigenvalue weighted by Gasteiger charge is 2.31. The molecule has 108 valence electrons. The second-order valence-corrected chi connectivity index (χ2v) is 6.54. The van der Waals surface area contributed by atoms with Gasteiger partial charge < -0.3 is 10.4 Å². The quantitative estimate of drug-likeness (QED) is 0.891. The summed E-state index contributed by atoms with van der Waals surface area (Å²) >= 11 is 0. The minimum Gasteiger partial charge on any atom is -0.392 e. The molecule has 2 aromatic carbocycles. The zero-order valence-electron chi connectivity index (χ0n) is 12.9. The van der Waals surface area contributed by atoms with Crippen LogP contribution in [0.15, 0.2) is 42.5 Å². The molecule has 0 spiro atoms. The van der Waals surface area contributed by atoms with Crippen molar-refractivity contribution >= 4 is 10.8 Å². The zero-order valence-corrected chi connectivity index (χ0v) is 12.9. The van der Waals surface area contributed by atoms with Crippen LogP contribution in [0.5, 0.6) is 0 Å². The van der Waals surface area contributed by atoms with Gasteiger partial charge in [-0.3, -0.25) is 0 Å². The van der Waals surface area contributed by atoms with Gasteiger partial charge in [-0.2, -0.15) is 0 Å². The molecular formula is C18H25NO. The van der Waals surface area contributed by atoms with E-state index in [1.54, 1.807) is 0 Å². The summed E-state index contributed by atoms with van der Waals surface area (Å²) in [5.41, 5.74) is 1.08. The third-order valence-electron chi connectivity index (χ3n) is 3.92. The van der Waals surface area contributed by atoms with E-state index in [4.69, 9.17) is 0 Å². The Morgan fingerprint density at radius 1 is 1.05 bits per heavy atom. The SMILES string of the molecule is CNC[C@H](c1cccc2ccccc12)[C@H](O)C(C)(C)C. The molecule has 2 atom stereocenters. The van der Waals surface area contributed by atoms with Crippen molar-refractivity contribution in [3.8, 4) is 0 Å². The molecule has 0 aromatic heterocycles. The fraction of sp³-hybridized carbons (Fsp3) is 0.444. The maximum absolute atomic E-state index is 10.7. The number of likely N-dealkylation sites (N-methyl/N-ethyl adjacent to an activating group) is 1. The van der Waals surface area contributed by atoms with Crippen LogP contribution in [0.3, 0.4) is 0 Å². The third-order valence-corrected chi connectivity index (χ3v) is 3.92. The largest absolute Gasteiger partial charge is 0.392 e. The minimum atomic E-state index is -0.388. The van der Waals surface area contributed by atoms with Gasteiger partial charge in [0, 0.05) is 12.5 Å². The highest BCUT2D eigenvalue weighted by atomic mass is 16.3. The van der Waals surface area contributed by atoms with Crippen molar-refractivity contribution in [2.45, 2.75) is 32.8 Å². The Morgan fingerprint density at radius 2 is 1.70 bits per heavy atom. The first-order valence-electron chi connectivity index (χ1n) is 7.25. The molecule has 0 radical (unpaired) electrons. The van der Waals surface area contributed by atoms with Crippen molar-refractivity contribution in [1.82, 2.24) is 5.32 Å². The molecule has 0 aliphatic rings. The molecule has 2 N–H and O–H groups in total. The Kier molecular flexibility index (Phi) is 4.46. The van der Waals surface area contributed by atoms with Gasteiger partial charge in [-0.15, -0.1) is 0 Å². The number of aliphatic hydroxyl groups is 1. The molecule has 0 aliphatic heterocycles. The highest BCUT2D eigenvalue weighted by molar-refractivity contribution is 5.86. The van der Waals surface area contributed by atoms with Gasteiger partial charge in [-0.1, -0.05) is 63.2 Å². The molecule has 0 saturated carbocycles. The molecule has 0 saturated heterocycles. The van der Waals surface area contributed by atoms with Crippen molar-refractivity contribution in [2.24, 2.45) is 5.41 Å². The smallest absolute Gasteiger partial charge is 0.0669 e. The summed E-state index contributed by atoms with van der Waals surface area (Å²) < 4.78 is 0. The van der Waals surface area contributed by atoms with Crippen LogP contribution >= 0.6 is 0 Å². The normalized spacial score (nSPS) is 15.2. The van der Waals surface area contributed by atoms with E-state index in [1.807, 2.05) is 7.05 Å². The lowest BCUT2D eigenvalue weighted by molar-refractivity contribution is 0.0393. The van der Waals surface area contributed by atoms with Gasteiger partial charge >= 0.3 is 0 Å². The first kappa shape index (κ1) is 15.0. The summed E-state index contributed by atoms with van der Waals surface area (Å²) in [6.07, 6.45) is -0.388. The Morgan fingerprint density at radius 3 is 2.35 bits per heavy atom. The summed E-state index contributed by atoms with van der Waals surface area (Å²) in [5, 5.41) is 16.4. The van der Waals surface area contributed by atoms with Crippen LogP contribution in [-0.2, 0) is 0 Å². The Hall–Kier alpha value is -1.38. The topological polar surface area (TPSA) is 32.3 Å². The number of aliphatic hydroxyl groups excluding tert-OH is 1. The standard InChI is InChI=1S/C18H25NO/c1-18(2,3)17(20)16(12-19-4)15-11-7-9-13-8-5-6-10-14(13)15/h5-11,16-17,19-20H,12H2,1-4H3/t16-,17+/m1/s1. The van der Waals surface area contributed by atoms with E-state index < -0.39 is 0 Å². The van der Waals surface area contributed by atoms with Crippen molar-refractivity contribution in [1.29, 1.82) is 0 Å². The van der Waals surface area contributed by atoms with Crippen LogP contribution in [0.2, 0.25) is 0 Å². The summed E-state index contributed by atoms with van der Waals surface area (Å²) in [6, 6.07) is 14.7. The van der Waals surface area contributed by atoms with E-state index >= 15 is 0 Å². The lowest BCUT2D eigenvalue weighted by Crippen LogP contribution is -2.37. The van der Waals surface area contributed by atoms with Gasteiger partial charge in [0.2, 0.25) is 0 Å². The summed E-state index contributed by atoms with van der Waals surface area (Å²) in [6.45, 7) is 7.04. The van der Waals surface area contributed by atoms with Gasteiger partial charge in [-0.05, 0) is 28.8 Å². The van der Waals surface area contributed by atoms with Crippen molar-refractivity contribution < 1.29 is 5.11 Å². The van der Waals surface area contributed by atoms with Crippen LogP contribution in [0.4, 0.5) is 0 Å². The van der Waals surface area contributed by atoms with Crippen LogP contribution < -0.4 is 5.32 Å².